The summed E-state index contributed by atoms with van der Waals surface area (Å²) in [4.78, 5) is 0. The molecule has 0 spiro atoms. The summed E-state index contributed by atoms with van der Waals surface area (Å²) in [5, 5.41) is 1.02. The van der Waals surface area contributed by atoms with Crippen LogP contribution in [0.5, 0.6) is 0 Å². The van der Waals surface area contributed by atoms with Crippen molar-refractivity contribution < 1.29 is 8.78 Å². The van der Waals surface area contributed by atoms with Crippen molar-refractivity contribution in [1.82, 2.24) is 0 Å². The molecule has 0 aliphatic rings. The summed E-state index contributed by atoms with van der Waals surface area (Å²) < 4.78 is 26.8. The van der Waals surface area contributed by atoms with Crippen LogP contribution in [0.4, 0.5) is 8.78 Å². The Bertz CT molecular complexity index is 597. The molecule has 106 valence electrons. The van der Waals surface area contributed by atoms with Gasteiger partial charge in [-0.3, -0.25) is 0 Å². The van der Waals surface area contributed by atoms with Crippen LogP contribution in [-0.4, -0.2) is 6.54 Å². The average Bonchev–Trinajstić information content (AvgIpc) is 2.40. The van der Waals surface area contributed by atoms with Crippen molar-refractivity contribution in [2.24, 2.45) is 5.73 Å². The highest BCUT2D eigenvalue weighted by Crippen LogP contribution is 2.31. The van der Waals surface area contributed by atoms with Crippen LogP contribution in [0, 0.1) is 11.6 Å². The predicted octanol–water partition coefficient (Wildman–Crippen LogP) is 4.56. The van der Waals surface area contributed by atoms with Gasteiger partial charge in [0.05, 0.1) is 0 Å². The minimum Gasteiger partial charge on any atom is -0.330 e. The maximum atomic E-state index is 13.8. The highest BCUT2D eigenvalue weighted by atomic mass is 35.5. The van der Waals surface area contributed by atoms with E-state index in [1.807, 2.05) is 0 Å². The number of benzene rings is 2. The van der Waals surface area contributed by atoms with Crippen molar-refractivity contribution in [2.45, 2.75) is 12.3 Å². The van der Waals surface area contributed by atoms with Crippen LogP contribution in [0.25, 0.3) is 0 Å². The van der Waals surface area contributed by atoms with Crippen LogP contribution in [0.3, 0.4) is 0 Å². The molecule has 1 nitrogen and oxygen atoms in total. The lowest BCUT2D eigenvalue weighted by atomic mass is 9.91. The molecule has 0 aliphatic heterocycles. The summed E-state index contributed by atoms with van der Waals surface area (Å²) in [6.07, 6.45) is 0.400. The van der Waals surface area contributed by atoms with E-state index in [2.05, 4.69) is 0 Å². The maximum absolute atomic E-state index is 13.8. The van der Waals surface area contributed by atoms with Crippen LogP contribution in [0.2, 0.25) is 10.0 Å². The van der Waals surface area contributed by atoms with Gasteiger partial charge in [0.25, 0.3) is 0 Å². The van der Waals surface area contributed by atoms with Gasteiger partial charge in [0.1, 0.15) is 11.6 Å². The zero-order valence-corrected chi connectivity index (χ0v) is 12.1. The van der Waals surface area contributed by atoms with Gasteiger partial charge in [-0.25, -0.2) is 8.78 Å². The number of rotatable bonds is 4. The first-order valence-corrected chi connectivity index (χ1v) is 6.86. The number of halogens is 4. The Hall–Kier alpha value is -1.16. The van der Waals surface area contributed by atoms with E-state index in [1.165, 1.54) is 12.1 Å². The molecule has 0 heterocycles. The minimum atomic E-state index is -0.613. The van der Waals surface area contributed by atoms with Gasteiger partial charge < -0.3 is 5.73 Å². The first-order chi connectivity index (χ1) is 9.52. The Morgan fingerprint density at radius 2 is 1.70 bits per heavy atom. The quantitative estimate of drug-likeness (QED) is 0.879. The van der Waals surface area contributed by atoms with Gasteiger partial charge in [0.2, 0.25) is 0 Å². The van der Waals surface area contributed by atoms with Crippen LogP contribution in [-0.2, 0) is 6.42 Å². The van der Waals surface area contributed by atoms with Gasteiger partial charge in [-0.05, 0) is 42.3 Å². The third-order valence-electron chi connectivity index (χ3n) is 3.20. The van der Waals surface area contributed by atoms with Gasteiger partial charge >= 0.3 is 0 Å². The molecule has 2 aromatic carbocycles. The molecular weight excluding hydrogens is 303 g/mol. The molecule has 0 aromatic heterocycles. The predicted molar refractivity (Wildman–Crippen MR) is 78.3 cm³/mol. The zero-order valence-electron chi connectivity index (χ0n) is 10.5. The van der Waals surface area contributed by atoms with Crippen molar-refractivity contribution >= 4 is 23.2 Å². The normalized spacial score (nSPS) is 12.4. The van der Waals surface area contributed by atoms with Crippen molar-refractivity contribution in [2.75, 3.05) is 6.54 Å². The van der Waals surface area contributed by atoms with Crippen LogP contribution in [0.15, 0.2) is 36.4 Å². The smallest absolute Gasteiger partial charge is 0.129 e. The Kier molecular flexibility index (Phi) is 4.97. The molecule has 1 unspecified atom stereocenters. The fourth-order valence-electron chi connectivity index (χ4n) is 2.13. The molecule has 2 aromatic rings. The Morgan fingerprint density at radius 1 is 1.05 bits per heavy atom. The molecule has 0 bridgehead atoms. The first-order valence-electron chi connectivity index (χ1n) is 6.10. The van der Waals surface area contributed by atoms with E-state index >= 15 is 0 Å². The van der Waals surface area contributed by atoms with Gasteiger partial charge in [0.15, 0.2) is 0 Å². The van der Waals surface area contributed by atoms with Gasteiger partial charge in [-0.1, -0.05) is 35.3 Å². The molecular formula is C15H13Cl2F2N. The average molecular weight is 316 g/mol. The third kappa shape index (κ3) is 3.29. The van der Waals surface area contributed by atoms with Crippen molar-refractivity contribution in [3.8, 4) is 0 Å². The van der Waals surface area contributed by atoms with Gasteiger partial charge in [0, 0.05) is 22.0 Å². The number of hydrogen-bond donors (Lipinski definition) is 1. The van der Waals surface area contributed by atoms with E-state index in [1.54, 1.807) is 18.2 Å². The van der Waals surface area contributed by atoms with E-state index in [0.29, 0.717) is 22.0 Å². The molecule has 0 aliphatic carbocycles. The van der Waals surface area contributed by atoms with Crippen molar-refractivity contribution in [3.05, 3.63) is 69.2 Å². The van der Waals surface area contributed by atoms with E-state index < -0.39 is 11.6 Å². The summed E-state index contributed by atoms with van der Waals surface area (Å²) in [6, 6.07) is 8.66. The molecule has 0 saturated carbocycles. The van der Waals surface area contributed by atoms with E-state index in [0.717, 1.165) is 11.6 Å². The van der Waals surface area contributed by atoms with E-state index in [-0.39, 0.29) is 12.5 Å². The van der Waals surface area contributed by atoms with E-state index in [9.17, 15) is 8.78 Å². The molecule has 2 N–H and O–H groups in total. The van der Waals surface area contributed by atoms with Gasteiger partial charge in [-0.15, -0.1) is 0 Å². The molecule has 0 radical (unpaired) electrons. The lowest BCUT2D eigenvalue weighted by Gasteiger charge is -2.18. The zero-order chi connectivity index (χ0) is 14.7. The monoisotopic (exact) mass is 315 g/mol. The molecule has 1 atom stereocenters. The third-order valence-corrected chi connectivity index (χ3v) is 3.91. The second-order valence-corrected chi connectivity index (χ2v) is 5.32. The molecule has 0 saturated heterocycles. The molecule has 5 heteroatoms. The Labute approximate surface area is 126 Å². The topological polar surface area (TPSA) is 26.0 Å². The molecule has 0 fully saturated rings. The van der Waals surface area contributed by atoms with Crippen LogP contribution < -0.4 is 5.73 Å². The molecule has 20 heavy (non-hydrogen) atoms. The van der Waals surface area contributed by atoms with Crippen molar-refractivity contribution in [3.63, 3.8) is 0 Å². The number of nitrogens with two attached hydrogens (primary N) is 1. The molecule has 0 amide bonds. The molecule has 2 rings (SSSR count). The fourth-order valence-corrected chi connectivity index (χ4v) is 2.68. The summed E-state index contributed by atoms with van der Waals surface area (Å²) in [7, 11) is 0. The fraction of sp³-hybridized carbons (Fsp3) is 0.200. The lowest BCUT2D eigenvalue weighted by molar-refractivity contribution is 0.551. The highest BCUT2D eigenvalue weighted by molar-refractivity contribution is 6.36. The Morgan fingerprint density at radius 3 is 2.25 bits per heavy atom. The lowest BCUT2D eigenvalue weighted by Crippen LogP contribution is -2.17. The minimum absolute atomic E-state index is 0.212. The maximum Gasteiger partial charge on any atom is 0.129 e. The second kappa shape index (κ2) is 6.53. The standard InChI is InChI=1S/C15H13Cl2F2N/c16-13-2-1-3-14(17)12(13)6-9(8-20)11-5-4-10(18)7-15(11)19/h1-5,7,9H,6,8,20H2. The van der Waals surface area contributed by atoms with Crippen molar-refractivity contribution in [1.29, 1.82) is 0 Å². The summed E-state index contributed by atoms with van der Waals surface area (Å²) in [5.74, 6) is -1.53. The number of hydrogen-bond acceptors (Lipinski definition) is 1. The Balaban J connectivity index is 2.34. The highest BCUT2D eigenvalue weighted by Gasteiger charge is 2.18. The second-order valence-electron chi connectivity index (χ2n) is 4.50. The first kappa shape index (κ1) is 15.2. The van der Waals surface area contributed by atoms with Crippen LogP contribution in [0.1, 0.15) is 17.0 Å². The summed E-state index contributed by atoms with van der Waals surface area (Å²) in [5.41, 5.74) is 6.80. The summed E-state index contributed by atoms with van der Waals surface area (Å²) >= 11 is 12.2. The van der Waals surface area contributed by atoms with E-state index in [4.69, 9.17) is 28.9 Å². The summed E-state index contributed by atoms with van der Waals surface area (Å²) in [6.45, 7) is 0.212. The largest absolute Gasteiger partial charge is 0.330 e. The van der Waals surface area contributed by atoms with Gasteiger partial charge in [-0.2, -0.15) is 0 Å². The van der Waals surface area contributed by atoms with Crippen LogP contribution >= 0.6 is 23.2 Å². The SMILES string of the molecule is NCC(Cc1c(Cl)cccc1Cl)c1ccc(F)cc1F.